The van der Waals surface area contributed by atoms with Gasteiger partial charge in [0, 0.05) is 49.8 Å². The standard InChI is InChI=1S/C18H26N4/c1-14(2)10-22-13-16(8-20-22)12-21-11-15(3)7-18(21)17-5-4-6-19-9-17/h4-6,8-9,13-15,18H,7,10-12H2,1-3H3/t15-,18-/m1/s1. The van der Waals surface area contributed by atoms with Crippen LogP contribution in [0.15, 0.2) is 36.9 Å². The highest BCUT2D eigenvalue weighted by molar-refractivity contribution is 5.17. The Kier molecular flexibility index (Phi) is 4.57. The first-order valence-electron chi connectivity index (χ1n) is 8.27. The Bertz CT molecular complexity index is 590. The van der Waals surface area contributed by atoms with Gasteiger partial charge in [0.05, 0.1) is 6.20 Å². The van der Waals surface area contributed by atoms with Gasteiger partial charge in [-0.1, -0.05) is 26.8 Å². The molecule has 1 aliphatic heterocycles. The van der Waals surface area contributed by atoms with Gasteiger partial charge in [0.1, 0.15) is 0 Å². The predicted octanol–water partition coefficient (Wildman–Crippen LogP) is 3.52. The number of hydrogen-bond acceptors (Lipinski definition) is 3. The van der Waals surface area contributed by atoms with Crippen molar-refractivity contribution >= 4 is 0 Å². The van der Waals surface area contributed by atoms with Crippen molar-refractivity contribution in [1.29, 1.82) is 0 Å². The fraction of sp³-hybridized carbons (Fsp3) is 0.556. The van der Waals surface area contributed by atoms with Gasteiger partial charge in [-0.25, -0.2) is 0 Å². The molecule has 3 heterocycles. The third-order valence-electron chi connectivity index (χ3n) is 4.31. The van der Waals surface area contributed by atoms with Crippen LogP contribution in [-0.4, -0.2) is 26.2 Å². The van der Waals surface area contributed by atoms with Gasteiger partial charge in [0.25, 0.3) is 0 Å². The first-order valence-corrected chi connectivity index (χ1v) is 8.27. The van der Waals surface area contributed by atoms with E-state index in [0.29, 0.717) is 12.0 Å². The van der Waals surface area contributed by atoms with Crippen molar-refractivity contribution in [3.05, 3.63) is 48.0 Å². The number of nitrogens with zero attached hydrogens (tertiary/aromatic N) is 4. The van der Waals surface area contributed by atoms with Crippen molar-refractivity contribution in [1.82, 2.24) is 19.7 Å². The zero-order valence-corrected chi connectivity index (χ0v) is 13.8. The van der Waals surface area contributed by atoms with Crippen molar-refractivity contribution in [2.24, 2.45) is 11.8 Å². The molecule has 0 unspecified atom stereocenters. The summed E-state index contributed by atoms with van der Waals surface area (Å²) in [6.45, 7) is 9.90. The summed E-state index contributed by atoms with van der Waals surface area (Å²) in [5.41, 5.74) is 2.64. The molecule has 22 heavy (non-hydrogen) atoms. The minimum absolute atomic E-state index is 0.483. The minimum atomic E-state index is 0.483. The molecule has 0 amide bonds. The minimum Gasteiger partial charge on any atom is -0.292 e. The maximum atomic E-state index is 4.49. The van der Waals surface area contributed by atoms with E-state index in [-0.39, 0.29) is 0 Å². The fourth-order valence-corrected chi connectivity index (χ4v) is 3.42. The second-order valence-corrected chi connectivity index (χ2v) is 7.04. The Labute approximate surface area is 133 Å². The zero-order chi connectivity index (χ0) is 15.5. The van der Waals surface area contributed by atoms with Crippen LogP contribution in [0.1, 0.15) is 44.4 Å². The molecule has 1 aliphatic rings. The second kappa shape index (κ2) is 6.61. The van der Waals surface area contributed by atoms with Crippen LogP contribution in [0.3, 0.4) is 0 Å². The molecule has 0 spiro atoms. The van der Waals surface area contributed by atoms with Crippen LogP contribution in [-0.2, 0) is 13.1 Å². The third kappa shape index (κ3) is 3.55. The Morgan fingerprint density at radius 3 is 2.91 bits per heavy atom. The lowest BCUT2D eigenvalue weighted by Gasteiger charge is -2.23. The predicted molar refractivity (Wildman–Crippen MR) is 88.2 cm³/mol. The number of hydrogen-bond donors (Lipinski definition) is 0. The normalized spacial score (nSPS) is 22.5. The van der Waals surface area contributed by atoms with Gasteiger partial charge in [0.2, 0.25) is 0 Å². The molecule has 4 heteroatoms. The van der Waals surface area contributed by atoms with Crippen LogP contribution in [0.2, 0.25) is 0 Å². The summed E-state index contributed by atoms with van der Waals surface area (Å²) in [5, 5.41) is 4.49. The maximum Gasteiger partial charge on any atom is 0.0534 e. The Balaban J connectivity index is 1.71. The summed E-state index contributed by atoms with van der Waals surface area (Å²) in [4.78, 5) is 6.86. The smallest absolute Gasteiger partial charge is 0.0534 e. The van der Waals surface area contributed by atoms with E-state index in [1.807, 2.05) is 24.7 Å². The van der Waals surface area contributed by atoms with Crippen molar-refractivity contribution in [3.63, 3.8) is 0 Å². The molecule has 0 aliphatic carbocycles. The van der Waals surface area contributed by atoms with Gasteiger partial charge in [-0.3, -0.25) is 14.6 Å². The van der Waals surface area contributed by atoms with Crippen LogP contribution in [0.25, 0.3) is 0 Å². The van der Waals surface area contributed by atoms with E-state index in [0.717, 1.165) is 25.6 Å². The van der Waals surface area contributed by atoms with E-state index < -0.39 is 0 Å². The van der Waals surface area contributed by atoms with Crippen LogP contribution in [0.4, 0.5) is 0 Å². The largest absolute Gasteiger partial charge is 0.292 e. The molecule has 2 aromatic heterocycles. The van der Waals surface area contributed by atoms with Crippen molar-refractivity contribution in [2.75, 3.05) is 6.54 Å². The molecule has 0 radical (unpaired) electrons. The first kappa shape index (κ1) is 15.2. The molecular weight excluding hydrogens is 272 g/mol. The Morgan fingerprint density at radius 2 is 2.18 bits per heavy atom. The molecule has 2 aromatic rings. The van der Waals surface area contributed by atoms with Gasteiger partial charge in [0.15, 0.2) is 0 Å². The van der Waals surface area contributed by atoms with Gasteiger partial charge < -0.3 is 0 Å². The summed E-state index contributed by atoms with van der Waals surface area (Å²) >= 11 is 0. The van der Waals surface area contributed by atoms with E-state index in [1.165, 1.54) is 17.5 Å². The van der Waals surface area contributed by atoms with Crippen LogP contribution < -0.4 is 0 Å². The van der Waals surface area contributed by atoms with Gasteiger partial charge in [-0.2, -0.15) is 5.10 Å². The lowest BCUT2D eigenvalue weighted by Crippen LogP contribution is -2.23. The monoisotopic (exact) mass is 298 g/mol. The second-order valence-electron chi connectivity index (χ2n) is 7.04. The van der Waals surface area contributed by atoms with E-state index in [1.54, 1.807) is 0 Å². The van der Waals surface area contributed by atoms with Gasteiger partial charge in [-0.05, 0) is 29.9 Å². The third-order valence-corrected chi connectivity index (χ3v) is 4.31. The molecule has 0 bridgehead atoms. The maximum absolute atomic E-state index is 4.49. The number of pyridine rings is 1. The zero-order valence-electron chi connectivity index (χ0n) is 13.8. The summed E-state index contributed by atoms with van der Waals surface area (Å²) in [7, 11) is 0. The topological polar surface area (TPSA) is 34.0 Å². The average molecular weight is 298 g/mol. The molecule has 1 saturated heterocycles. The number of likely N-dealkylation sites (tertiary alicyclic amines) is 1. The van der Waals surface area contributed by atoms with Crippen LogP contribution in [0, 0.1) is 11.8 Å². The summed E-state index contributed by atoms with van der Waals surface area (Å²) in [6, 6.07) is 4.72. The first-order chi connectivity index (χ1) is 10.6. The van der Waals surface area contributed by atoms with Crippen molar-refractivity contribution in [3.8, 4) is 0 Å². The summed E-state index contributed by atoms with van der Waals surface area (Å²) in [6.07, 6.45) is 9.29. The Morgan fingerprint density at radius 1 is 1.32 bits per heavy atom. The highest BCUT2D eigenvalue weighted by Gasteiger charge is 2.30. The molecule has 1 fully saturated rings. The van der Waals surface area contributed by atoms with Crippen molar-refractivity contribution in [2.45, 2.75) is 46.3 Å². The summed E-state index contributed by atoms with van der Waals surface area (Å²) < 4.78 is 2.07. The lowest BCUT2D eigenvalue weighted by molar-refractivity contribution is 0.245. The lowest BCUT2D eigenvalue weighted by atomic mass is 10.0. The highest BCUT2D eigenvalue weighted by atomic mass is 15.3. The fourth-order valence-electron chi connectivity index (χ4n) is 3.42. The average Bonchev–Trinajstić information content (AvgIpc) is 3.06. The van der Waals surface area contributed by atoms with E-state index in [2.05, 4.69) is 52.7 Å². The number of aromatic nitrogens is 3. The quantitative estimate of drug-likeness (QED) is 0.847. The van der Waals surface area contributed by atoms with Crippen LogP contribution in [0.5, 0.6) is 0 Å². The molecule has 2 atom stereocenters. The molecule has 0 N–H and O–H groups in total. The molecular formula is C18H26N4. The van der Waals surface area contributed by atoms with Crippen LogP contribution >= 0.6 is 0 Å². The molecule has 4 nitrogen and oxygen atoms in total. The highest BCUT2D eigenvalue weighted by Crippen LogP contribution is 2.35. The molecule has 0 saturated carbocycles. The number of rotatable bonds is 5. The molecule has 118 valence electrons. The molecule has 3 rings (SSSR count). The van der Waals surface area contributed by atoms with Gasteiger partial charge in [-0.15, -0.1) is 0 Å². The van der Waals surface area contributed by atoms with Crippen molar-refractivity contribution < 1.29 is 0 Å². The Hall–Kier alpha value is -1.68. The SMILES string of the molecule is CC(C)Cn1cc(CN2C[C@H](C)C[C@@H]2c2cccnc2)cn1. The summed E-state index contributed by atoms with van der Waals surface area (Å²) in [5.74, 6) is 1.36. The van der Waals surface area contributed by atoms with Gasteiger partial charge >= 0.3 is 0 Å². The van der Waals surface area contributed by atoms with E-state index in [9.17, 15) is 0 Å². The van der Waals surface area contributed by atoms with E-state index in [4.69, 9.17) is 0 Å². The van der Waals surface area contributed by atoms with E-state index >= 15 is 0 Å². The molecule has 0 aromatic carbocycles.